The summed E-state index contributed by atoms with van der Waals surface area (Å²) in [5, 5.41) is 5.77. The number of hydrogen-bond donors (Lipinski definition) is 2. The molecule has 0 bridgehead atoms. The van der Waals surface area contributed by atoms with Crippen LogP contribution in [0.15, 0.2) is 0 Å². The molecular weight excluding hydrogens is 306 g/mol. The molecule has 136 valence electrons. The van der Waals surface area contributed by atoms with Crippen molar-refractivity contribution in [2.24, 2.45) is 5.92 Å². The Kier molecular flexibility index (Phi) is 6.24. The van der Waals surface area contributed by atoms with Gasteiger partial charge in [0.1, 0.15) is 12.1 Å². The van der Waals surface area contributed by atoms with Crippen LogP contribution in [0.1, 0.15) is 72.1 Å². The van der Waals surface area contributed by atoms with Crippen LogP contribution in [0.25, 0.3) is 0 Å². The lowest BCUT2D eigenvalue weighted by molar-refractivity contribution is -0.137. The van der Waals surface area contributed by atoms with E-state index in [-0.39, 0.29) is 30.3 Å². The first kappa shape index (κ1) is 18.7. The predicted molar refractivity (Wildman–Crippen MR) is 92.4 cm³/mol. The van der Waals surface area contributed by atoms with Crippen LogP contribution >= 0.6 is 0 Å². The largest absolute Gasteiger partial charge is 0.352 e. The molecule has 3 atom stereocenters. The van der Waals surface area contributed by atoms with E-state index in [0.717, 1.165) is 49.8 Å². The molecule has 0 aromatic heterocycles. The SMILES string of the molecule is CCCCC[C@@H](C)NC(=O)CN1C(=O)N[C@]2(CCCC[C@@H]2C)C1=O. The first-order valence-corrected chi connectivity index (χ1v) is 9.34. The molecule has 1 spiro atoms. The topological polar surface area (TPSA) is 78.5 Å². The van der Waals surface area contributed by atoms with Crippen molar-refractivity contribution in [1.82, 2.24) is 15.5 Å². The number of unbranched alkanes of at least 4 members (excludes halogenated alkanes) is 2. The molecule has 1 heterocycles. The number of imide groups is 1. The molecule has 0 unspecified atom stereocenters. The Morgan fingerprint density at radius 3 is 2.79 bits per heavy atom. The van der Waals surface area contributed by atoms with Gasteiger partial charge in [-0.05, 0) is 32.1 Å². The van der Waals surface area contributed by atoms with Crippen molar-refractivity contribution < 1.29 is 14.4 Å². The van der Waals surface area contributed by atoms with Gasteiger partial charge >= 0.3 is 6.03 Å². The summed E-state index contributed by atoms with van der Waals surface area (Å²) < 4.78 is 0. The maximum absolute atomic E-state index is 12.8. The monoisotopic (exact) mass is 337 g/mol. The fourth-order valence-electron chi connectivity index (χ4n) is 3.88. The number of nitrogens with one attached hydrogen (secondary N) is 2. The third-order valence-electron chi connectivity index (χ3n) is 5.45. The number of urea groups is 1. The van der Waals surface area contributed by atoms with E-state index in [1.54, 1.807) is 0 Å². The van der Waals surface area contributed by atoms with Gasteiger partial charge in [0, 0.05) is 6.04 Å². The van der Waals surface area contributed by atoms with Crippen LogP contribution in [0, 0.1) is 5.92 Å². The third kappa shape index (κ3) is 3.90. The zero-order valence-corrected chi connectivity index (χ0v) is 15.2. The fourth-order valence-corrected chi connectivity index (χ4v) is 3.88. The van der Waals surface area contributed by atoms with Crippen molar-refractivity contribution in [3.8, 4) is 0 Å². The average Bonchev–Trinajstić information content (AvgIpc) is 2.76. The molecule has 6 heteroatoms. The van der Waals surface area contributed by atoms with Gasteiger partial charge in [-0.15, -0.1) is 0 Å². The van der Waals surface area contributed by atoms with Crippen molar-refractivity contribution in [2.75, 3.05) is 6.54 Å². The summed E-state index contributed by atoms with van der Waals surface area (Å²) >= 11 is 0. The second-order valence-electron chi connectivity index (χ2n) is 7.40. The van der Waals surface area contributed by atoms with Crippen LogP contribution in [0.3, 0.4) is 0 Å². The van der Waals surface area contributed by atoms with Crippen LogP contribution in [0.4, 0.5) is 4.79 Å². The van der Waals surface area contributed by atoms with Crippen molar-refractivity contribution in [2.45, 2.75) is 83.7 Å². The van der Waals surface area contributed by atoms with E-state index in [1.165, 1.54) is 0 Å². The molecule has 6 nitrogen and oxygen atoms in total. The Bertz CT molecular complexity index is 494. The van der Waals surface area contributed by atoms with Gasteiger partial charge in [0.25, 0.3) is 5.91 Å². The number of nitrogens with zero attached hydrogens (tertiary/aromatic N) is 1. The lowest BCUT2D eigenvalue weighted by atomic mass is 9.73. The van der Waals surface area contributed by atoms with Gasteiger partial charge in [0.15, 0.2) is 0 Å². The highest BCUT2D eigenvalue weighted by molar-refractivity contribution is 6.09. The maximum Gasteiger partial charge on any atom is 0.325 e. The molecule has 24 heavy (non-hydrogen) atoms. The van der Waals surface area contributed by atoms with E-state index in [1.807, 2.05) is 13.8 Å². The standard InChI is InChI=1S/C18H31N3O3/c1-4-5-6-10-14(3)19-15(22)12-21-16(23)18(20-17(21)24)11-8-7-9-13(18)2/h13-14H,4-12H2,1-3H3,(H,19,22)(H,20,24)/t13-,14+,18-/m0/s1. The normalized spacial score (nSPS) is 28.1. The van der Waals surface area contributed by atoms with Gasteiger partial charge in [0.2, 0.25) is 5.91 Å². The zero-order chi connectivity index (χ0) is 17.7. The van der Waals surface area contributed by atoms with Crippen LogP contribution in [-0.2, 0) is 9.59 Å². The second-order valence-corrected chi connectivity index (χ2v) is 7.40. The Labute approximate surface area is 144 Å². The molecule has 4 amide bonds. The number of carbonyl (C=O) groups is 3. The molecule has 1 aliphatic carbocycles. The van der Waals surface area contributed by atoms with E-state index >= 15 is 0 Å². The average molecular weight is 337 g/mol. The lowest BCUT2D eigenvalue weighted by Crippen LogP contribution is -2.54. The summed E-state index contributed by atoms with van der Waals surface area (Å²) in [7, 11) is 0. The van der Waals surface area contributed by atoms with E-state index in [4.69, 9.17) is 0 Å². The number of carbonyl (C=O) groups excluding carboxylic acids is 3. The quantitative estimate of drug-likeness (QED) is 0.553. The number of rotatable bonds is 7. The summed E-state index contributed by atoms with van der Waals surface area (Å²) in [5.41, 5.74) is -0.789. The molecule has 0 aromatic rings. The van der Waals surface area contributed by atoms with Gasteiger partial charge < -0.3 is 10.6 Å². The van der Waals surface area contributed by atoms with Crippen molar-refractivity contribution in [1.29, 1.82) is 0 Å². The molecule has 0 radical (unpaired) electrons. The second kappa shape index (κ2) is 7.99. The molecule has 2 N–H and O–H groups in total. The molecule has 2 aliphatic rings. The molecule has 1 saturated heterocycles. The van der Waals surface area contributed by atoms with E-state index in [9.17, 15) is 14.4 Å². The van der Waals surface area contributed by atoms with Crippen LogP contribution < -0.4 is 10.6 Å². The molecule has 2 rings (SSSR count). The van der Waals surface area contributed by atoms with Crippen molar-refractivity contribution in [3.63, 3.8) is 0 Å². The Morgan fingerprint density at radius 2 is 2.12 bits per heavy atom. The number of amides is 4. The highest BCUT2D eigenvalue weighted by atomic mass is 16.2. The molecular formula is C18H31N3O3. The first-order chi connectivity index (χ1) is 11.4. The predicted octanol–water partition coefficient (Wildman–Crippen LogP) is 2.57. The summed E-state index contributed by atoms with van der Waals surface area (Å²) in [4.78, 5) is 38.3. The molecule has 1 saturated carbocycles. The number of hydrogen-bond acceptors (Lipinski definition) is 3. The minimum absolute atomic E-state index is 0.0624. The highest BCUT2D eigenvalue weighted by Gasteiger charge is 2.55. The van der Waals surface area contributed by atoms with Crippen LogP contribution in [0.2, 0.25) is 0 Å². The van der Waals surface area contributed by atoms with E-state index in [0.29, 0.717) is 6.42 Å². The minimum Gasteiger partial charge on any atom is -0.352 e. The summed E-state index contributed by atoms with van der Waals surface area (Å²) in [6.07, 6.45) is 7.90. The van der Waals surface area contributed by atoms with E-state index in [2.05, 4.69) is 17.6 Å². The Hall–Kier alpha value is -1.59. The van der Waals surface area contributed by atoms with Gasteiger partial charge in [-0.2, -0.15) is 0 Å². The van der Waals surface area contributed by atoms with Gasteiger partial charge in [-0.1, -0.05) is 46.0 Å². The maximum atomic E-state index is 12.8. The van der Waals surface area contributed by atoms with Gasteiger partial charge in [0.05, 0.1) is 0 Å². The van der Waals surface area contributed by atoms with Gasteiger partial charge in [-0.25, -0.2) is 4.79 Å². The lowest BCUT2D eigenvalue weighted by Gasteiger charge is -2.36. The highest BCUT2D eigenvalue weighted by Crippen LogP contribution is 2.38. The Balaban J connectivity index is 1.91. The minimum atomic E-state index is -0.789. The molecule has 2 fully saturated rings. The fraction of sp³-hybridized carbons (Fsp3) is 0.833. The van der Waals surface area contributed by atoms with Crippen molar-refractivity contribution in [3.05, 3.63) is 0 Å². The summed E-state index contributed by atoms with van der Waals surface area (Å²) in [6.45, 7) is 5.93. The molecule has 0 aromatic carbocycles. The van der Waals surface area contributed by atoms with Crippen molar-refractivity contribution >= 4 is 17.8 Å². The van der Waals surface area contributed by atoms with Crippen LogP contribution in [0.5, 0.6) is 0 Å². The zero-order valence-electron chi connectivity index (χ0n) is 15.2. The third-order valence-corrected chi connectivity index (χ3v) is 5.45. The summed E-state index contributed by atoms with van der Waals surface area (Å²) in [5.74, 6) is -0.375. The van der Waals surface area contributed by atoms with Crippen LogP contribution in [-0.4, -0.2) is 40.9 Å². The van der Waals surface area contributed by atoms with E-state index < -0.39 is 11.6 Å². The smallest absolute Gasteiger partial charge is 0.325 e. The molecule has 1 aliphatic heterocycles. The first-order valence-electron chi connectivity index (χ1n) is 9.34. The Morgan fingerprint density at radius 1 is 1.38 bits per heavy atom. The van der Waals surface area contributed by atoms with Gasteiger partial charge in [-0.3, -0.25) is 14.5 Å². The summed E-state index contributed by atoms with van der Waals surface area (Å²) in [6, 6.07) is -0.366.